The molecule has 2 heterocycles. The number of anilines is 1. The number of rotatable bonds is 7. The van der Waals surface area contributed by atoms with Crippen molar-refractivity contribution in [1.29, 1.82) is 0 Å². The van der Waals surface area contributed by atoms with Crippen LogP contribution in [0.3, 0.4) is 0 Å². The lowest BCUT2D eigenvalue weighted by molar-refractivity contribution is -0.119. The molecule has 1 atom stereocenters. The number of nitrogens with one attached hydrogen (secondary N) is 2. The first-order chi connectivity index (χ1) is 16.2. The van der Waals surface area contributed by atoms with E-state index < -0.39 is 17.5 Å². The van der Waals surface area contributed by atoms with Crippen LogP contribution in [0.2, 0.25) is 0 Å². The molecule has 2 N–H and O–H groups in total. The van der Waals surface area contributed by atoms with Gasteiger partial charge in [0, 0.05) is 45.2 Å². The molecule has 0 spiro atoms. The molecule has 8 nitrogen and oxygen atoms in total. The molecule has 0 aromatic heterocycles. The largest absolute Gasteiger partial charge is 0.439 e. The van der Waals surface area contributed by atoms with Crippen LogP contribution >= 0.6 is 0 Å². The molecule has 2 amide bonds. The highest BCUT2D eigenvalue weighted by molar-refractivity contribution is 5.91. The highest BCUT2D eigenvalue weighted by atomic mass is 19.1. The van der Waals surface area contributed by atoms with Gasteiger partial charge in [0.15, 0.2) is 0 Å². The van der Waals surface area contributed by atoms with E-state index in [4.69, 9.17) is 4.74 Å². The van der Waals surface area contributed by atoms with Crippen LogP contribution in [0.1, 0.15) is 19.4 Å². The average Bonchev–Trinajstić information content (AvgIpc) is 3.12. The van der Waals surface area contributed by atoms with Crippen molar-refractivity contribution in [2.45, 2.75) is 26.0 Å². The van der Waals surface area contributed by atoms with Crippen LogP contribution in [-0.2, 0) is 16.1 Å². The number of nitrogens with zero attached hydrogens (tertiary/aromatic N) is 3. The second-order valence-electron chi connectivity index (χ2n) is 9.30. The topological polar surface area (TPSA) is 77.2 Å². The third-order valence-corrected chi connectivity index (χ3v) is 6.30. The predicted molar refractivity (Wildman–Crippen MR) is 129 cm³/mol. The van der Waals surface area contributed by atoms with E-state index in [-0.39, 0.29) is 19.0 Å². The van der Waals surface area contributed by atoms with Crippen LogP contribution in [-0.4, -0.2) is 73.8 Å². The Morgan fingerprint density at radius 2 is 1.82 bits per heavy atom. The first-order valence-electron chi connectivity index (χ1n) is 11.5. The molecule has 34 heavy (non-hydrogen) atoms. The number of cyclic esters (lactones) is 1. The molecule has 0 radical (unpaired) electrons. The Morgan fingerprint density at radius 3 is 2.47 bits per heavy atom. The summed E-state index contributed by atoms with van der Waals surface area (Å²) in [4.78, 5) is 27.3. The minimum absolute atomic E-state index is 0.196. The molecule has 0 aliphatic carbocycles. The van der Waals surface area contributed by atoms with Crippen LogP contribution in [0.15, 0.2) is 42.5 Å². The van der Waals surface area contributed by atoms with Crippen LogP contribution in [0.25, 0.3) is 11.1 Å². The summed E-state index contributed by atoms with van der Waals surface area (Å²) < 4.78 is 20.5. The van der Waals surface area contributed by atoms with E-state index in [1.807, 2.05) is 24.3 Å². The van der Waals surface area contributed by atoms with Gasteiger partial charge in [0.05, 0.1) is 18.8 Å². The van der Waals surface area contributed by atoms with Gasteiger partial charge in [0.2, 0.25) is 5.91 Å². The van der Waals surface area contributed by atoms with Gasteiger partial charge in [-0.2, -0.15) is 0 Å². The average molecular weight is 470 g/mol. The predicted octanol–water partition coefficient (Wildman–Crippen LogP) is 2.60. The lowest BCUT2D eigenvalue weighted by atomic mass is 10.0. The number of halogens is 1. The summed E-state index contributed by atoms with van der Waals surface area (Å²) in [5.41, 5.74) is 5.37. The zero-order valence-electron chi connectivity index (χ0n) is 19.9. The molecule has 2 aliphatic heterocycles. The number of likely N-dealkylation sites (N-methyl/N-ethyl adjacent to an activating group) is 1. The first kappa shape index (κ1) is 24.1. The highest BCUT2D eigenvalue weighted by Crippen LogP contribution is 2.31. The van der Waals surface area contributed by atoms with Crippen molar-refractivity contribution in [3.63, 3.8) is 0 Å². The van der Waals surface area contributed by atoms with Crippen molar-refractivity contribution in [2.24, 2.45) is 0 Å². The molecule has 2 fully saturated rings. The molecule has 9 heteroatoms. The Morgan fingerprint density at radius 1 is 1.12 bits per heavy atom. The van der Waals surface area contributed by atoms with Crippen LogP contribution < -0.4 is 15.6 Å². The minimum atomic E-state index is -0.869. The Kier molecular flexibility index (Phi) is 7.16. The Balaban J connectivity index is 1.39. The van der Waals surface area contributed by atoms with Crippen LogP contribution in [0, 0.1) is 5.82 Å². The molecular weight excluding hydrogens is 437 g/mol. The second kappa shape index (κ2) is 10.1. The van der Waals surface area contributed by atoms with E-state index in [0.717, 1.165) is 43.9 Å². The summed E-state index contributed by atoms with van der Waals surface area (Å²) in [5, 5.41) is 4.90. The van der Waals surface area contributed by atoms with Crippen LogP contribution in [0.4, 0.5) is 14.9 Å². The molecule has 2 aliphatic rings. The standard InChI is InChI=1S/C25H32FN5O3/c1-18(32)27-16-25(2)17-31(24(33)34-25)21-8-9-22(23(26)14-21)20-6-4-19(5-7-20)15-28-30-12-10-29(3)11-13-30/h4-9,14,28H,10-13,15-17H2,1-3H3,(H,27,32). The van der Waals surface area contributed by atoms with Crippen LogP contribution in [0.5, 0.6) is 0 Å². The SMILES string of the molecule is CC(=O)NCC1(C)CN(c2ccc(-c3ccc(CNN4CCN(C)CC4)cc3)c(F)c2)C(=O)O1. The molecule has 0 saturated carbocycles. The molecule has 1 unspecified atom stereocenters. The van der Waals surface area contributed by atoms with Gasteiger partial charge in [0.25, 0.3) is 0 Å². The number of amides is 2. The van der Waals surface area contributed by atoms with Crippen molar-refractivity contribution >= 4 is 17.7 Å². The van der Waals surface area contributed by atoms with Crippen molar-refractivity contribution in [3.8, 4) is 11.1 Å². The van der Waals surface area contributed by atoms with E-state index in [0.29, 0.717) is 11.3 Å². The number of carbonyl (C=O) groups excluding carboxylic acids is 2. The van der Waals surface area contributed by atoms with Gasteiger partial charge in [0.1, 0.15) is 11.4 Å². The zero-order valence-corrected chi connectivity index (χ0v) is 19.9. The smallest absolute Gasteiger partial charge is 0.415 e. The maximum Gasteiger partial charge on any atom is 0.415 e. The fraction of sp³-hybridized carbons (Fsp3) is 0.440. The van der Waals surface area contributed by atoms with Gasteiger partial charge in [-0.05, 0) is 43.3 Å². The lowest BCUT2D eigenvalue weighted by Gasteiger charge is -2.32. The quantitative estimate of drug-likeness (QED) is 0.649. The summed E-state index contributed by atoms with van der Waals surface area (Å²) >= 11 is 0. The molecule has 2 aromatic carbocycles. The van der Waals surface area contributed by atoms with E-state index in [1.54, 1.807) is 19.1 Å². The third-order valence-electron chi connectivity index (χ3n) is 6.30. The van der Waals surface area contributed by atoms with Gasteiger partial charge in [-0.3, -0.25) is 15.1 Å². The van der Waals surface area contributed by atoms with Crippen molar-refractivity contribution < 1.29 is 18.7 Å². The highest BCUT2D eigenvalue weighted by Gasteiger charge is 2.42. The first-order valence-corrected chi connectivity index (χ1v) is 11.5. The molecule has 0 bridgehead atoms. The van der Waals surface area contributed by atoms with Gasteiger partial charge < -0.3 is 15.0 Å². The summed E-state index contributed by atoms with van der Waals surface area (Å²) in [6.07, 6.45) is -0.558. The van der Waals surface area contributed by atoms with Crippen molar-refractivity contribution in [2.75, 3.05) is 51.2 Å². The van der Waals surface area contributed by atoms with E-state index in [9.17, 15) is 9.59 Å². The number of hydrogen-bond acceptors (Lipinski definition) is 6. The van der Waals surface area contributed by atoms with Crippen molar-refractivity contribution in [3.05, 3.63) is 53.8 Å². The third kappa shape index (κ3) is 5.72. The number of carbonyl (C=O) groups is 2. The molecular formula is C25H32FN5O3. The maximum absolute atomic E-state index is 15.0. The molecule has 4 rings (SSSR count). The van der Waals surface area contributed by atoms with Crippen molar-refractivity contribution in [1.82, 2.24) is 20.7 Å². The van der Waals surface area contributed by atoms with Gasteiger partial charge in [-0.15, -0.1) is 0 Å². The normalized spacial score (nSPS) is 21.5. The molecule has 182 valence electrons. The fourth-order valence-electron chi connectivity index (χ4n) is 4.17. The van der Waals surface area contributed by atoms with E-state index in [2.05, 4.69) is 27.7 Å². The zero-order chi connectivity index (χ0) is 24.3. The number of benzene rings is 2. The Labute approximate surface area is 199 Å². The Hall–Kier alpha value is -3.01. The molecule has 2 saturated heterocycles. The number of hydrazine groups is 1. The maximum atomic E-state index is 15.0. The molecule has 2 aromatic rings. The van der Waals surface area contributed by atoms with Gasteiger partial charge in [-0.25, -0.2) is 14.2 Å². The van der Waals surface area contributed by atoms with Gasteiger partial charge in [-0.1, -0.05) is 24.3 Å². The monoisotopic (exact) mass is 469 g/mol. The lowest BCUT2D eigenvalue weighted by Crippen LogP contribution is -2.50. The summed E-state index contributed by atoms with van der Waals surface area (Å²) in [7, 11) is 2.13. The summed E-state index contributed by atoms with van der Waals surface area (Å²) in [5.74, 6) is -0.615. The minimum Gasteiger partial charge on any atom is -0.439 e. The van der Waals surface area contributed by atoms with E-state index in [1.165, 1.54) is 17.9 Å². The van der Waals surface area contributed by atoms with Gasteiger partial charge >= 0.3 is 6.09 Å². The second-order valence-corrected chi connectivity index (χ2v) is 9.30. The number of ether oxygens (including phenoxy) is 1. The van der Waals surface area contributed by atoms with E-state index >= 15 is 4.39 Å². The number of piperazine rings is 1. The summed E-state index contributed by atoms with van der Waals surface area (Å²) in [6, 6.07) is 12.6. The fourth-order valence-corrected chi connectivity index (χ4v) is 4.17. The Bertz CT molecular complexity index is 1040. The number of hydrogen-bond donors (Lipinski definition) is 2. The summed E-state index contributed by atoms with van der Waals surface area (Å²) in [6.45, 7) is 8.36.